The quantitative estimate of drug-likeness (QED) is 0.890. The molecule has 2 atom stereocenters. The summed E-state index contributed by atoms with van der Waals surface area (Å²) in [6, 6.07) is 4.33. The lowest BCUT2D eigenvalue weighted by atomic mass is 9.86. The van der Waals surface area contributed by atoms with Gasteiger partial charge in [-0.25, -0.2) is 0 Å². The van der Waals surface area contributed by atoms with Gasteiger partial charge in [-0.1, -0.05) is 6.92 Å². The Hall–Kier alpha value is -1.42. The summed E-state index contributed by atoms with van der Waals surface area (Å²) in [6.45, 7) is 5.54. The van der Waals surface area contributed by atoms with Gasteiger partial charge in [0.05, 0.1) is 0 Å². The van der Waals surface area contributed by atoms with Crippen LogP contribution in [-0.4, -0.2) is 25.9 Å². The molecule has 4 heteroatoms. The van der Waals surface area contributed by atoms with Gasteiger partial charge in [-0.2, -0.15) is 0 Å². The van der Waals surface area contributed by atoms with Crippen LogP contribution < -0.4 is 19.5 Å². The third-order valence-electron chi connectivity index (χ3n) is 4.14. The van der Waals surface area contributed by atoms with E-state index < -0.39 is 0 Å². The number of fused-ring (bicyclic) bond motifs is 2. The maximum absolute atomic E-state index is 6.19. The molecular formula is C15H21NO3. The summed E-state index contributed by atoms with van der Waals surface area (Å²) in [6.07, 6.45) is 1.95. The van der Waals surface area contributed by atoms with Crippen LogP contribution in [0.3, 0.4) is 0 Å². The minimum atomic E-state index is -0.121. The number of hydrogen-bond acceptors (Lipinski definition) is 4. The number of ether oxygens (including phenoxy) is 3. The van der Waals surface area contributed by atoms with Crippen LogP contribution in [0.4, 0.5) is 0 Å². The van der Waals surface area contributed by atoms with Crippen LogP contribution in [0.5, 0.6) is 17.2 Å². The van der Waals surface area contributed by atoms with Crippen molar-refractivity contribution >= 4 is 0 Å². The van der Waals surface area contributed by atoms with Gasteiger partial charge in [0.2, 0.25) is 0 Å². The summed E-state index contributed by atoms with van der Waals surface area (Å²) >= 11 is 0. The van der Waals surface area contributed by atoms with Crippen molar-refractivity contribution < 1.29 is 14.2 Å². The molecule has 0 aromatic heterocycles. The predicted octanol–water partition coefficient (Wildman–Crippen LogP) is 2.67. The maximum Gasteiger partial charge on any atom is 0.165 e. The molecule has 104 valence electrons. The van der Waals surface area contributed by atoms with E-state index in [1.54, 1.807) is 0 Å². The van der Waals surface area contributed by atoms with Crippen molar-refractivity contribution in [1.29, 1.82) is 0 Å². The molecule has 2 aliphatic rings. The van der Waals surface area contributed by atoms with Crippen LogP contribution >= 0.6 is 0 Å². The first-order valence-electron chi connectivity index (χ1n) is 6.95. The fraction of sp³-hybridized carbons (Fsp3) is 0.600. The van der Waals surface area contributed by atoms with Crippen molar-refractivity contribution in [2.45, 2.75) is 38.3 Å². The lowest BCUT2D eigenvalue weighted by molar-refractivity contribution is 0.0443. The van der Waals surface area contributed by atoms with Crippen molar-refractivity contribution in [3.8, 4) is 17.2 Å². The minimum absolute atomic E-state index is 0.121. The zero-order valence-electron chi connectivity index (χ0n) is 11.8. The molecule has 0 saturated carbocycles. The van der Waals surface area contributed by atoms with Crippen LogP contribution in [0.2, 0.25) is 0 Å². The van der Waals surface area contributed by atoms with Crippen LogP contribution in [0.1, 0.15) is 38.3 Å². The zero-order chi connectivity index (χ0) is 13.5. The molecule has 0 aliphatic carbocycles. The van der Waals surface area contributed by atoms with E-state index in [4.69, 9.17) is 14.2 Å². The second kappa shape index (κ2) is 4.60. The molecular weight excluding hydrogens is 242 g/mol. The highest BCUT2D eigenvalue weighted by Gasteiger charge is 2.36. The van der Waals surface area contributed by atoms with E-state index in [2.05, 4.69) is 25.2 Å². The molecule has 0 amide bonds. The summed E-state index contributed by atoms with van der Waals surface area (Å²) in [5, 5.41) is 3.38. The maximum atomic E-state index is 6.19. The first kappa shape index (κ1) is 12.6. The lowest BCUT2D eigenvalue weighted by Crippen LogP contribution is -2.40. The monoisotopic (exact) mass is 263 g/mol. The second-order valence-corrected chi connectivity index (χ2v) is 5.48. The van der Waals surface area contributed by atoms with E-state index in [1.807, 2.05) is 13.1 Å². The molecule has 0 bridgehead atoms. The van der Waals surface area contributed by atoms with Gasteiger partial charge in [0.25, 0.3) is 0 Å². The first-order valence-corrected chi connectivity index (χ1v) is 6.95. The molecule has 1 aromatic carbocycles. The third kappa shape index (κ3) is 2.14. The van der Waals surface area contributed by atoms with Crippen LogP contribution in [0.25, 0.3) is 0 Å². The standard InChI is InChI=1S/C15H21NO3/c1-4-15(2)9-11(16-3)10-7-13-14(8-12(10)19-15)18-6-5-17-13/h7-8,11,16H,4-6,9H2,1-3H3. The van der Waals surface area contributed by atoms with Gasteiger partial charge >= 0.3 is 0 Å². The van der Waals surface area contributed by atoms with E-state index in [0.717, 1.165) is 35.7 Å². The predicted molar refractivity (Wildman–Crippen MR) is 73.2 cm³/mol. The van der Waals surface area contributed by atoms with Gasteiger partial charge in [-0.3, -0.25) is 0 Å². The van der Waals surface area contributed by atoms with E-state index in [-0.39, 0.29) is 5.60 Å². The van der Waals surface area contributed by atoms with Gasteiger partial charge in [-0.05, 0) is 26.5 Å². The van der Waals surface area contributed by atoms with Crippen molar-refractivity contribution in [1.82, 2.24) is 5.32 Å². The van der Waals surface area contributed by atoms with Gasteiger partial charge in [0.15, 0.2) is 11.5 Å². The Kier molecular flexibility index (Phi) is 3.05. The van der Waals surface area contributed by atoms with Crippen molar-refractivity contribution in [3.63, 3.8) is 0 Å². The molecule has 0 radical (unpaired) electrons. The number of hydrogen-bond donors (Lipinski definition) is 1. The van der Waals surface area contributed by atoms with Crippen LogP contribution in [0.15, 0.2) is 12.1 Å². The number of benzene rings is 1. The summed E-state index contributed by atoms with van der Waals surface area (Å²) in [5.41, 5.74) is 1.04. The number of rotatable bonds is 2. The second-order valence-electron chi connectivity index (χ2n) is 5.48. The van der Waals surface area contributed by atoms with Crippen LogP contribution in [0, 0.1) is 0 Å². The highest BCUT2D eigenvalue weighted by Crippen LogP contribution is 2.46. The Morgan fingerprint density at radius 2 is 1.89 bits per heavy atom. The molecule has 0 saturated heterocycles. The Balaban J connectivity index is 2.04. The minimum Gasteiger partial charge on any atom is -0.487 e. The average molecular weight is 263 g/mol. The largest absolute Gasteiger partial charge is 0.487 e. The smallest absolute Gasteiger partial charge is 0.165 e. The summed E-state index contributed by atoms with van der Waals surface area (Å²) in [4.78, 5) is 0. The van der Waals surface area contributed by atoms with E-state index in [0.29, 0.717) is 19.3 Å². The lowest BCUT2D eigenvalue weighted by Gasteiger charge is -2.40. The van der Waals surface area contributed by atoms with Crippen molar-refractivity contribution in [2.24, 2.45) is 0 Å². The topological polar surface area (TPSA) is 39.7 Å². The van der Waals surface area contributed by atoms with Gasteiger partial charge < -0.3 is 19.5 Å². The SMILES string of the molecule is CCC1(C)CC(NC)c2cc3c(cc2O1)OCCO3. The van der Waals surface area contributed by atoms with Crippen molar-refractivity contribution in [3.05, 3.63) is 17.7 Å². The molecule has 2 heterocycles. The Bertz CT molecular complexity index is 489. The highest BCUT2D eigenvalue weighted by molar-refractivity contribution is 5.53. The van der Waals surface area contributed by atoms with Gasteiger partial charge in [0, 0.05) is 24.1 Å². The Labute approximate surface area is 114 Å². The summed E-state index contributed by atoms with van der Waals surface area (Å²) in [7, 11) is 1.99. The highest BCUT2D eigenvalue weighted by atomic mass is 16.6. The zero-order valence-corrected chi connectivity index (χ0v) is 11.8. The number of nitrogens with one attached hydrogen (secondary N) is 1. The molecule has 19 heavy (non-hydrogen) atoms. The molecule has 2 aliphatic heterocycles. The van der Waals surface area contributed by atoms with Crippen molar-refractivity contribution in [2.75, 3.05) is 20.3 Å². The molecule has 1 aromatic rings. The average Bonchev–Trinajstić information content (AvgIpc) is 2.44. The fourth-order valence-electron chi connectivity index (χ4n) is 2.77. The Morgan fingerprint density at radius 1 is 1.21 bits per heavy atom. The fourth-order valence-corrected chi connectivity index (χ4v) is 2.77. The summed E-state index contributed by atoms with van der Waals surface area (Å²) in [5.74, 6) is 2.54. The molecule has 0 fully saturated rings. The van der Waals surface area contributed by atoms with Crippen LogP contribution in [-0.2, 0) is 0 Å². The summed E-state index contributed by atoms with van der Waals surface area (Å²) < 4.78 is 17.5. The molecule has 4 nitrogen and oxygen atoms in total. The molecule has 2 unspecified atom stereocenters. The normalized spacial score (nSPS) is 28.5. The Morgan fingerprint density at radius 3 is 2.53 bits per heavy atom. The first-order chi connectivity index (χ1) is 9.15. The molecule has 1 N–H and O–H groups in total. The van der Waals surface area contributed by atoms with Gasteiger partial charge in [-0.15, -0.1) is 0 Å². The third-order valence-corrected chi connectivity index (χ3v) is 4.14. The van der Waals surface area contributed by atoms with E-state index in [1.165, 1.54) is 0 Å². The molecule has 3 rings (SSSR count). The molecule has 0 spiro atoms. The van der Waals surface area contributed by atoms with E-state index >= 15 is 0 Å². The van der Waals surface area contributed by atoms with Gasteiger partial charge in [0.1, 0.15) is 24.6 Å². The van der Waals surface area contributed by atoms with E-state index in [9.17, 15) is 0 Å².